The Hall–Kier alpha value is -3.80. The van der Waals surface area contributed by atoms with E-state index < -0.39 is 39.3 Å². The molecule has 0 bridgehead atoms. The Balaban J connectivity index is 1.74. The molecule has 0 spiro atoms. The van der Waals surface area contributed by atoms with E-state index in [0.717, 1.165) is 48.7 Å². The van der Waals surface area contributed by atoms with Crippen molar-refractivity contribution in [2.75, 3.05) is 4.72 Å². The zero-order chi connectivity index (χ0) is 24.2. The molecule has 3 aromatic rings. The number of halogens is 5. The Morgan fingerprint density at radius 3 is 2.33 bits per heavy atom. The van der Waals surface area contributed by atoms with Crippen LogP contribution in [0.25, 0.3) is 0 Å². The van der Waals surface area contributed by atoms with E-state index in [9.17, 15) is 35.2 Å². The largest absolute Gasteiger partial charge is 0.416 e. The molecule has 0 unspecified atom stereocenters. The number of carbonyl (C=O) groups is 1. The Labute approximate surface area is 184 Å². The Morgan fingerprint density at radius 1 is 0.909 bits per heavy atom. The van der Waals surface area contributed by atoms with Crippen LogP contribution in [0.5, 0.6) is 0 Å². The first-order valence-electron chi connectivity index (χ1n) is 9.04. The SMILES string of the molecule is O=C(N/N=C/c1ccc(F)c(F)c1)c1cccc(S(=O)(=O)Nc2cccc(C(F)(F)F)c2)c1. The number of anilines is 1. The number of nitrogens with zero attached hydrogens (tertiary/aromatic N) is 1. The first-order valence-corrected chi connectivity index (χ1v) is 10.5. The number of benzene rings is 3. The van der Waals surface area contributed by atoms with Gasteiger partial charge < -0.3 is 0 Å². The number of hydrogen-bond donors (Lipinski definition) is 2. The second-order valence-corrected chi connectivity index (χ2v) is 8.27. The topological polar surface area (TPSA) is 87.6 Å². The maximum Gasteiger partial charge on any atom is 0.416 e. The van der Waals surface area contributed by atoms with Crippen molar-refractivity contribution in [1.29, 1.82) is 0 Å². The lowest BCUT2D eigenvalue weighted by molar-refractivity contribution is -0.137. The smallest absolute Gasteiger partial charge is 0.280 e. The quantitative estimate of drug-likeness (QED) is 0.306. The molecule has 3 aromatic carbocycles. The van der Waals surface area contributed by atoms with Gasteiger partial charge in [0.2, 0.25) is 0 Å². The summed E-state index contributed by atoms with van der Waals surface area (Å²) in [6.07, 6.45) is -3.60. The summed E-state index contributed by atoms with van der Waals surface area (Å²) in [6.45, 7) is 0. The molecular weight excluding hydrogens is 469 g/mol. The lowest BCUT2D eigenvalue weighted by Crippen LogP contribution is -2.19. The molecule has 2 N–H and O–H groups in total. The number of rotatable bonds is 6. The molecular formula is C21H14F5N3O3S. The van der Waals surface area contributed by atoms with Gasteiger partial charge in [0.15, 0.2) is 11.6 Å². The van der Waals surface area contributed by atoms with E-state index in [-0.39, 0.29) is 21.7 Å². The second-order valence-electron chi connectivity index (χ2n) is 6.58. The van der Waals surface area contributed by atoms with Crippen LogP contribution >= 0.6 is 0 Å². The summed E-state index contributed by atoms with van der Waals surface area (Å²) in [4.78, 5) is 11.9. The van der Waals surface area contributed by atoms with Crippen molar-refractivity contribution in [3.63, 3.8) is 0 Å². The van der Waals surface area contributed by atoms with Crippen molar-refractivity contribution in [3.8, 4) is 0 Å². The van der Waals surface area contributed by atoms with E-state index in [1.54, 1.807) is 0 Å². The third kappa shape index (κ3) is 6.13. The fraction of sp³-hybridized carbons (Fsp3) is 0.0476. The number of carbonyl (C=O) groups excluding carboxylic acids is 1. The van der Waals surface area contributed by atoms with Gasteiger partial charge in [-0.1, -0.05) is 18.2 Å². The fourth-order valence-electron chi connectivity index (χ4n) is 2.60. The molecule has 0 saturated heterocycles. The van der Waals surface area contributed by atoms with Crippen LogP contribution in [0.1, 0.15) is 21.5 Å². The Morgan fingerprint density at radius 2 is 1.64 bits per heavy atom. The molecule has 0 aliphatic rings. The fourth-order valence-corrected chi connectivity index (χ4v) is 3.70. The van der Waals surface area contributed by atoms with Crippen molar-refractivity contribution in [2.24, 2.45) is 5.10 Å². The zero-order valence-electron chi connectivity index (χ0n) is 16.4. The maximum atomic E-state index is 13.2. The molecule has 6 nitrogen and oxygen atoms in total. The highest BCUT2D eigenvalue weighted by Gasteiger charge is 2.30. The number of hydrazone groups is 1. The molecule has 0 fully saturated rings. The highest BCUT2D eigenvalue weighted by Crippen LogP contribution is 2.31. The summed E-state index contributed by atoms with van der Waals surface area (Å²) < 4.78 is 91.8. The number of amides is 1. The zero-order valence-corrected chi connectivity index (χ0v) is 17.2. The monoisotopic (exact) mass is 483 g/mol. The van der Waals surface area contributed by atoms with Crippen LogP contribution < -0.4 is 10.1 Å². The van der Waals surface area contributed by atoms with Gasteiger partial charge in [-0.15, -0.1) is 0 Å². The predicted octanol–water partition coefficient (Wildman–Crippen LogP) is 4.55. The molecule has 0 aromatic heterocycles. The summed E-state index contributed by atoms with van der Waals surface area (Å²) >= 11 is 0. The third-order valence-corrected chi connectivity index (χ3v) is 5.55. The van der Waals surface area contributed by atoms with E-state index in [0.29, 0.717) is 6.07 Å². The highest BCUT2D eigenvalue weighted by molar-refractivity contribution is 7.92. The minimum absolute atomic E-state index is 0.121. The molecule has 0 saturated carbocycles. The lowest BCUT2D eigenvalue weighted by Gasteiger charge is -2.12. The number of hydrogen-bond acceptors (Lipinski definition) is 4. The van der Waals surface area contributed by atoms with Crippen LogP contribution in [0, 0.1) is 11.6 Å². The van der Waals surface area contributed by atoms with Crippen LogP contribution in [0.2, 0.25) is 0 Å². The van der Waals surface area contributed by atoms with Gasteiger partial charge in [0.1, 0.15) is 0 Å². The van der Waals surface area contributed by atoms with Gasteiger partial charge in [-0.3, -0.25) is 9.52 Å². The van der Waals surface area contributed by atoms with E-state index in [1.165, 1.54) is 18.2 Å². The van der Waals surface area contributed by atoms with Crippen molar-refractivity contribution in [1.82, 2.24) is 5.43 Å². The molecule has 0 aliphatic heterocycles. The van der Waals surface area contributed by atoms with E-state index in [4.69, 9.17) is 0 Å². The highest BCUT2D eigenvalue weighted by atomic mass is 32.2. The first kappa shape index (κ1) is 23.9. The molecule has 1 amide bonds. The van der Waals surface area contributed by atoms with Crippen molar-refractivity contribution in [3.05, 3.63) is 95.1 Å². The van der Waals surface area contributed by atoms with Crippen LogP contribution in [0.4, 0.5) is 27.6 Å². The number of sulfonamides is 1. The third-order valence-electron chi connectivity index (χ3n) is 4.17. The Kier molecular flexibility index (Phi) is 6.77. The van der Waals surface area contributed by atoms with Crippen LogP contribution in [-0.2, 0) is 16.2 Å². The van der Waals surface area contributed by atoms with Crippen molar-refractivity contribution in [2.45, 2.75) is 11.1 Å². The van der Waals surface area contributed by atoms with E-state index >= 15 is 0 Å². The van der Waals surface area contributed by atoms with Gasteiger partial charge in [-0.05, 0) is 54.1 Å². The average Bonchev–Trinajstić information content (AvgIpc) is 2.75. The van der Waals surface area contributed by atoms with Crippen LogP contribution in [0.15, 0.2) is 76.7 Å². The second kappa shape index (κ2) is 9.36. The lowest BCUT2D eigenvalue weighted by atomic mass is 10.2. The average molecular weight is 483 g/mol. The molecule has 33 heavy (non-hydrogen) atoms. The first-order chi connectivity index (χ1) is 15.5. The minimum atomic E-state index is -4.65. The number of nitrogens with one attached hydrogen (secondary N) is 2. The standard InChI is InChI=1S/C21H14F5N3O3S/c22-18-8-7-13(9-19(18)23)12-27-28-20(30)14-3-1-6-17(10-14)33(31,32)29-16-5-2-4-15(11-16)21(24,25)26/h1-12,29H,(H,28,30)/b27-12+. The van der Waals surface area contributed by atoms with Gasteiger partial charge in [0.25, 0.3) is 15.9 Å². The molecule has 3 rings (SSSR count). The maximum absolute atomic E-state index is 13.2. The minimum Gasteiger partial charge on any atom is -0.280 e. The van der Waals surface area contributed by atoms with Gasteiger partial charge in [0, 0.05) is 11.3 Å². The molecule has 172 valence electrons. The molecule has 12 heteroatoms. The van der Waals surface area contributed by atoms with Crippen molar-refractivity contribution >= 4 is 27.8 Å². The molecule has 0 heterocycles. The summed E-state index contributed by atoms with van der Waals surface area (Å²) in [5, 5.41) is 3.60. The van der Waals surface area contributed by atoms with Gasteiger partial charge >= 0.3 is 6.18 Å². The summed E-state index contributed by atoms with van der Waals surface area (Å²) in [5.41, 5.74) is 0.808. The molecule has 0 atom stereocenters. The van der Waals surface area contributed by atoms with E-state index in [2.05, 4.69) is 10.5 Å². The molecule has 0 radical (unpaired) electrons. The molecule has 0 aliphatic carbocycles. The summed E-state index contributed by atoms with van der Waals surface area (Å²) in [7, 11) is -4.32. The summed E-state index contributed by atoms with van der Waals surface area (Å²) in [5.74, 6) is -2.96. The Bertz CT molecular complexity index is 1320. The normalized spacial score (nSPS) is 12.0. The summed E-state index contributed by atoms with van der Waals surface area (Å²) in [6, 6.07) is 11.3. The van der Waals surface area contributed by atoms with Gasteiger partial charge in [-0.25, -0.2) is 22.6 Å². The van der Waals surface area contributed by atoms with Gasteiger partial charge in [0.05, 0.1) is 16.7 Å². The van der Waals surface area contributed by atoms with Gasteiger partial charge in [-0.2, -0.15) is 18.3 Å². The number of alkyl halides is 3. The van der Waals surface area contributed by atoms with Crippen LogP contribution in [-0.4, -0.2) is 20.5 Å². The predicted molar refractivity (Wildman–Crippen MR) is 110 cm³/mol. The van der Waals surface area contributed by atoms with Crippen LogP contribution in [0.3, 0.4) is 0 Å². The van der Waals surface area contributed by atoms with Crippen molar-refractivity contribution < 1.29 is 35.2 Å². The van der Waals surface area contributed by atoms with E-state index in [1.807, 2.05) is 4.72 Å².